The Morgan fingerprint density at radius 3 is 2.49 bits per heavy atom. The second kappa shape index (κ2) is 11.3. The molecule has 0 saturated carbocycles. The molecule has 2 atom stereocenters. The second-order valence-corrected chi connectivity index (χ2v) is 11.5. The van der Waals surface area contributed by atoms with Gasteiger partial charge in [-0.2, -0.15) is 10.5 Å². The third-order valence-corrected chi connectivity index (χ3v) is 7.21. The van der Waals surface area contributed by atoms with Crippen molar-refractivity contribution < 1.29 is 14.3 Å². The first-order valence-corrected chi connectivity index (χ1v) is 13.4. The van der Waals surface area contributed by atoms with Crippen molar-refractivity contribution in [1.82, 2.24) is 25.4 Å². The second-order valence-electron chi connectivity index (χ2n) is 10.4. The van der Waals surface area contributed by atoms with Gasteiger partial charge in [-0.3, -0.25) is 9.88 Å². The van der Waals surface area contributed by atoms with Crippen LogP contribution in [-0.2, 0) is 4.74 Å². The van der Waals surface area contributed by atoms with E-state index < -0.39 is 23.2 Å². The van der Waals surface area contributed by atoms with E-state index in [0.29, 0.717) is 5.56 Å². The fourth-order valence-electron chi connectivity index (χ4n) is 4.43. The molecule has 0 aliphatic carbocycles. The van der Waals surface area contributed by atoms with Crippen LogP contribution in [0.3, 0.4) is 0 Å². The third-order valence-electron chi connectivity index (χ3n) is 6.06. The van der Waals surface area contributed by atoms with Gasteiger partial charge in [0, 0.05) is 34.9 Å². The molecule has 39 heavy (non-hydrogen) atoms. The summed E-state index contributed by atoms with van der Waals surface area (Å²) in [6.07, 6.45) is -0.567. The quantitative estimate of drug-likeness (QED) is 0.587. The van der Waals surface area contributed by atoms with Gasteiger partial charge in [-0.1, -0.05) is 23.9 Å². The number of aromatic nitrogens is 1. The normalized spacial score (nSPS) is 19.2. The Labute approximate surface area is 232 Å². The van der Waals surface area contributed by atoms with E-state index in [9.17, 15) is 20.1 Å². The summed E-state index contributed by atoms with van der Waals surface area (Å²) in [5.41, 5.74) is 3.70. The number of thioether (sulfide) groups is 1. The Bertz CT molecular complexity index is 1380. The maximum atomic E-state index is 13.3. The largest absolute Gasteiger partial charge is 0.444 e. The fraction of sp³-hybridized carbons (Fsp3) is 0.393. The Hall–Kier alpha value is -4.22. The standard InChI is InChI=1S/C28H31N7O3S/c1-17-11-21(12-18(2)31-17)24-23(20-8-6-7-19(13-20)14-29)32-25(39-24)33-26(36)34-9-10-35(22(15-30)16-34)27(37)38-28(3,4)5/h6-8,11-13,22,25,32H,9-10,16H2,1-5H3,(H,33,36)/t22-,25?/m1/s1. The first kappa shape index (κ1) is 27.8. The number of benzene rings is 1. The molecule has 1 unspecified atom stereocenters. The molecule has 11 heteroatoms. The highest BCUT2D eigenvalue weighted by molar-refractivity contribution is 8.09. The molecule has 3 amide bonds. The SMILES string of the molecule is Cc1cc(C2=C(c3cccc(C#N)c3)NC(NC(=O)N3CCN(C(=O)OC(C)(C)C)[C@H](C#N)C3)S2)cc(C)n1. The molecule has 0 bridgehead atoms. The van der Waals surface area contributed by atoms with E-state index in [1.165, 1.54) is 21.6 Å². The maximum Gasteiger partial charge on any atom is 0.411 e. The van der Waals surface area contributed by atoms with Crippen molar-refractivity contribution in [2.75, 3.05) is 19.6 Å². The van der Waals surface area contributed by atoms with Gasteiger partial charge < -0.3 is 20.3 Å². The molecule has 2 aliphatic rings. The lowest BCUT2D eigenvalue weighted by molar-refractivity contribution is 0.00967. The summed E-state index contributed by atoms with van der Waals surface area (Å²) in [5.74, 6) is 0. The molecule has 0 spiro atoms. The van der Waals surface area contributed by atoms with Gasteiger partial charge in [-0.15, -0.1) is 0 Å². The number of pyridine rings is 1. The van der Waals surface area contributed by atoms with Crippen molar-refractivity contribution in [1.29, 1.82) is 10.5 Å². The van der Waals surface area contributed by atoms with Crippen LogP contribution in [0.25, 0.3) is 10.6 Å². The monoisotopic (exact) mass is 545 g/mol. The van der Waals surface area contributed by atoms with Crippen LogP contribution in [-0.4, -0.2) is 63.7 Å². The molecule has 1 aromatic heterocycles. The molecule has 1 saturated heterocycles. The van der Waals surface area contributed by atoms with Crippen LogP contribution >= 0.6 is 11.8 Å². The van der Waals surface area contributed by atoms with Crippen molar-refractivity contribution in [3.63, 3.8) is 0 Å². The minimum absolute atomic E-state index is 0.0685. The predicted molar refractivity (Wildman–Crippen MR) is 149 cm³/mol. The van der Waals surface area contributed by atoms with E-state index in [1.54, 1.807) is 32.9 Å². The van der Waals surface area contributed by atoms with Crippen LogP contribution in [0, 0.1) is 36.5 Å². The summed E-state index contributed by atoms with van der Waals surface area (Å²) in [5, 5.41) is 25.5. The molecule has 2 N–H and O–H groups in total. The minimum atomic E-state index is -0.815. The summed E-state index contributed by atoms with van der Waals surface area (Å²) in [6, 6.07) is 14.4. The number of carbonyl (C=O) groups excluding carboxylic acids is 2. The average molecular weight is 546 g/mol. The first-order valence-electron chi connectivity index (χ1n) is 12.6. The van der Waals surface area contributed by atoms with Crippen LogP contribution in [0.1, 0.15) is 48.8 Å². The molecule has 4 rings (SSSR count). The van der Waals surface area contributed by atoms with E-state index in [0.717, 1.165) is 33.1 Å². The van der Waals surface area contributed by atoms with Gasteiger partial charge in [0.2, 0.25) is 0 Å². The van der Waals surface area contributed by atoms with E-state index in [-0.39, 0.29) is 25.7 Å². The number of nitrogens with zero attached hydrogens (tertiary/aromatic N) is 5. The Kier molecular flexibility index (Phi) is 8.03. The number of nitriles is 2. The van der Waals surface area contributed by atoms with Crippen molar-refractivity contribution in [3.05, 3.63) is 64.5 Å². The maximum absolute atomic E-state index is 13.3. The topological polar surface area (TPSA) is 134 Å². The lowest BCUT2D eigenvalue weighted by atomic mass is 10.1. The summed E-state index contributed by atoms with van der Waals surface area (Å²) in [4.78, 5) is 34.1. The summed E-state index contributed by atoms with van der Waals surface area (Å²) in [6.45, 7) is 9.69. The molecule has 202 valence electrons. The van der Waals surface area contributed by atoms with Crippen molar-refractivity contribution in [3.8, 4) is 12.1 Å². The molecule has 3 heterocycles. The zero-order valence-electron chi connectivity index (χ0n) is 22.6. The van der Waals surface area contributed by atoms with Crippen LogP contribution in [0.15, 0.2) is 36.4 Å². The third kappa shape index (κ3) is 6.62. The van der Waals surface area contributed by atoms with E-state index >= 15 is 0 Å². The minimum Gasteiger partial charge on any atom is -0.444 e. The number of hydrogen-bond acceptors (Lipinski definition) is 8. The van der Waals surface area contributed by atoms with Crippen molar-refractivity contribution in [2.45, 2.75) is 51.8 Å². The molecule has 2 aliphatic heterocycles. The van der Waals surface area contributed by atoms with Gasteiger partial charge >= 0.3 is 12.1 Å². The Balaban J connectivity index is 1.51. The smallest absolute Gasteiger partial charge is 0.411 e. The molecule has 0 radical (unpaired) electrons. The van der Waals surface area contributed by atoms with Crippen molar-refractivity contribution in [2.24, 2.45) is 0 Å². The number of carbonyl (C=O) groups is 2. The van der Waals surface area contributed by atoms with Gasteiger partial charge in [0.25, 0.3) is 0 Å². The molecule has 1 fully saturated rings. The van der Waals surface area contributed by atoms with E-state index in [2.05, 4.69) is 27.8 Å². The number of aryl methyl sites for hydroxylation is 2. The molecule has 2 aromatic rings. The summed E-state index contributed by atoms with van der Waals surface area (Å²) in [7, 11) is 0. The highest BCUT2D eigenvalue weighted by Crippen LogP contribution is 2.42. The fourth-order valence-corrected chi connectivity index (χ4v) is 5.55. The number of rotatable bonds is 3. The zero-order valence-corrected chi connectivity index (χ0v) is 23.4. The predicted octanol–water partition coefficient (Wildman–Crippen LogP) is 4.17. The van der Waals surface area contributed by atoms with Gasteiger partial charge in [-0.05, 0) is 64.4 Å². The van der Waals surface area contributed by atoms with Gasteiger partial charge in [0.1, 0.15) is 11.6 Å². The van der Waals surface area contributed by atoms with Crippen LogP contribution in [0.5, 0.6) is 0 Å². The number of nitrogens with one attached hydrogen (secondary N) is 2. The Morgan fingerprint density at radius 2 is 1.85 bits per heavy atom. The van der Waals surface area contributed by atoms with Crippen LogP contribution in [0.4, 0.5) is 9.59 Å². The molecular weight excluding hydrogens is 514 g/mol. The highest BCUT2D eigenvalue weighted by Gasteiger charge is 2.36. The molecule has 10 nitrogen and oxygen atoms in total. The molecule has 1 aromatic carbocycles. The number of amides is 3. The summed E-state index contributed by atoms with van der Waals surface area (Å²) >= 11 is 1.46. The first-order chi connectivity index (χ1) is 18.5. The molecular formula is C28H31N7O3S. The lowest BCUT2D eigenvalue weighted by Gasteiger charge is -2.38. The van der Waals surface area contributed by atoms with E-state index in [1.807, 2.05) is 38.1 Å². The number of urea groups is 1. The van der Waals surface area contributed by atoms with Gasteiger partial charge in [-0.25, -0.2) is 9.59 Å². The lowest BCUT2D eigenvalue weighted by Crippen LogP contribution is -2.59. The number of ether oxygens (including phenoxy) is 1. The number of hydrogen-bond donors (Lipinski definition) is 2. The number of piperazine rings is 1. The zero-order chi connectivity index (χ0) is 28.3. The summed E-state index contributed by atoms with van der Waals surface area (Å²) < 4.78 is 5.43. The highest BCUT2D eigenvalue weighted by atomic mass is 32.2. The Morgan fingerprint density at radius 1 is 1.13 bits per heavy atom. The average Bonchev–Trinajstić information content (AvgIpc) is 3.30. The van der Waals surface area contributed by atoms with Gasteiger partial charge in [0.15, 0.2) is 5.50 Å². The van der Waals surface area contributed by atoms with Crippen LogP contribution in [0.2, 0.25) is 0 Å². The van der Waals surface area contributed by atoms with E-state index in [4.69, 9.17) is 4.74 Å². The van der Waals surface area contributed by atoms with Crippen molar-refractivity contribution >= 4 is 34.5 Å². The van der Waals surface area contributed by atoms with Crippen LogP contribution < -0.4 is 10.6 Å². The van der Waals surface area contributed by atoms with Gasteiger partial charge in [0.05, 0.1) is 29.9 Å².